The highest BCUT2D eigenvalue weighted by atomic mass is 32.2. The van der Waals surface area contributed by atoms with Crippen LogP contribution in [0.5, 0.6) is 0 Å². The quantitative estimate of drug-likeness (QED) is 0.350. The van der Waals surface area contributed by atoms with E-state index in [1.165, 1.54) is 12.1 Å². The van der Waals surface area contributed by atoms with Crippen LogP contribution in [-0.2, 0) is 21.3 Å². The van der Waals surface area contributed by atoms with Crippen LogP contribution >= 0.6 is 0 Å². The van der Waals surface area contributed by atoms with Gasteiger partial charge >= 0.3 is 0 Å². The highest BCUT2D eigenvalue weighted by Crippen LogP contribution is 2.10. The second kappa shape index (κ2) is 10.2. The Balaban J connectivity index is 2.62. The highest BCUT2D eigenvalue weighted by Gasteiger charge is 2.07. The van der Waals surface area contributed by atoms with Crippen molar-refractivity contribution in [3.8, 4) is 0 Å². The molecule has 0 aromatic heterocycles. The number of rotatable bonds is 9. The van der Waals surface area contributed by atoms with Gasteiger partial charge in [0.2, 0.25) is 10.0 Å². The van der Waals surface area contributed by atoms with Crippen LogP contribution in [0.15, 0.2) is 34.2 Å². The standard InChI is InChI=1S/C15H26N4O3S/c1-3-17-15(18-9-6-10-22-4-2)19-12-13-7-5-8-14(11-13)23(16,20)21/h5,7-8,11H,3-4,6,9-10,12H2,1-2H3,(H2,16,20,21)(H2,17,18,19). The van der Waals surface area contributed by atoms with E-state index in [1.54, 1.807) is 6.07 Å². The van der Waals surface area contributed by atoms with E-state index in [2.05, 4.69) is 15.6 Å². The summed E-state index contributed by atoms with van der Waals surface area (Å²) in [6.45, 7) is 7.24. The molecule has 0 radical (unpaired) electrons. The minimum atomic E-state index is -3.69. The Morgan fingerprint density at radius 1 is 1.30 bits per heavy atom. The Bertz CT molecular complexity index is 602. The number of nitrogens with two attached hydrogens (primary N) is 1. The zero-order valence-electron chi connectivity index (χ0n) is 13.7. The Morgan fingerprint density at radius 3 is 2.74 bits per heavy atom. The molecule has 23 heavy (non-hydrogen) atoms. The van der Waals surface area contributed by atoms with Gasteiger partial charge in [-0.2, -0.15) is 0 Å². The molecule has 0 atom stereocenters. The Labute approximate surface area is 138 Å². The lowest BCUT2D eigenvalue weighted by Gasteiger charge is -2.11. The minimum Gasteiger partial charge on any atom is -0.382 e. The highest BCUT2D eigenvalue weighted by molar-refractivity contribution is 7.89. The van der Waals surface area contributed by atoms with Crippen molar-refractivity contribution in [2.75, 3.05) is 26.3 Å². The van der Waals surface area contributed by atoms with Crippen molar-refractivity contribution >= 4 is 16.0 Å². The maximum absolute atomic E-state index is 11.4. The summed E-state index contributed by atoms with van der Waals surface area (Å²) in [5, 5.41) is 11.5. The third kappa shape index (κ3) is 7.96. The number of primary sulfonamides is 1. The second-order valence-corrected chi connectivity index (χ2v) is 6.43. The monoisotopic (exact) mass is 342 g/mol. The zero-order valence-corrected chi connectivity index (χ0v) is 14.5. The van der Waals surface area contributed by atoms with Crippen LogP contribution < -0.4 is 15.8 Å². The molecular formula is C15H26N4O3S. The van der Waals surface area contributed by atoms with E-state index < -0.39 is 10.0 Å². The number of sulfonamides is 1. The molecule has 0 aliphatic rings. The van der Waals surface area contributed by atoms with Crippen LogP contribution in [0.4, 0.5) is 0 Å². The van der Waals surface area contributed by atoms with Crippen molar-refractivity contribution in [1.29, 1.82) is 0 Å². The molecule has 0 aliphatic heterocycles. The molecule has 0 unspecified atom stereocenters. The second-order valence-electron chi connectivity index (χ2n) is 4.86. The van der Waals surface area contributed by atoms with Gasteiger partial charge in [0.1, 0.15) is 0 Å². The Hall–Kier alpha value is -1.64. The zero-order chi connectivity index (χ0) is 17.1. The average molecular weight is 342 g/mol. The van der Waals surface area contributed by atoms with Crippen LogP contribution in [0.2, 0.25) is 0 Å². The minimum absolute atomic E-state index is 0.0971. The van der Waals surface area contributed by atoms with E-state index >= 15 is 0 Å². The summed E-state index contributed by atoms with van der Waals surface area (Å²) in [6, 6.07) is 6.49. The fraction of sp³-hybridized carbons (Fsp3) is 0.533. The fourth-order valence-electron chi connectivity index (χ4n) is 1.86. The molecule has 0 spiro atoms. The normalized spacial score (nSPS) is 12.2. The first-order chi connectivity index (χ1) is 11.0. The molecule has 130 valence electrons. The third-order valence-corrected chi connectivity index (χ3v) is 3.86. The SMILES string of the molecule is CCNC(=NCc1cccc(S(N)(=O)=O)c1)NCCCOCC. The molecule has 0 saturated heterocycles. The maximum atomic E-state index is 11.4. The van der Waals surface area contributed by atoms with Crippen LogP contribution in [0.1, 0.15) is 25.8 Å². The van der Waals surface area contributed by atoms with Crippen molar-refractivity contribution in [2.24, 2.45) is 10.1 Å². The van der Waals surface area contributed by atoms with Gasteiger partial charge in [-0.05, 0) is 38.0 Å². The number of hydrogen-bond acceptors (Lipinski definition) is 4. The molecule has 8 heteroatoms. The fourth-order valence-corrected chi connectivity index (χ4v) is 2.44. The number of benzene rings is 1. The predicted octanol–water partition coefficient (Wildman–Crippen LogP) is 0.816. The summed E-state index contributed by atoms with van der Waals surface area (Å²) >= 11 is 0. The van der Waals surface area contributed by atoms with Crippen molar-refractivity contribution in [3.63, 3.8) is 0 Å². The molecular weight excluding hydrogens is 316 g/mol. The molecule has 0 saturated carbocycles. The topological polar surface area (TPSA) is 106 Å². The number of nitrogens with zero attached hydrogens (tertiary/aromatic N) is 1. The Morgan fingerprint density at radius 2 is 2.09 bits per heavy atom. The van der Waals surface area contributed by atoms with Gasteiger partial charge in [-0.1, -0.05) is 12.1 Å². The molecule has 1 rings (SSSR count). The molecule has 1 aromatic carbocycles. The molecule has 7 nitrogen and oxygen atoms in total. The van der Waals surface area contributed by atoms with Gasteiger partial charge in [0, 0.05) is 26.3 Å². The van der Waals surface area contributed by atoms with Crippen molar-refractivity contribution in [1.82, 2.24) is 10.6 Å². The number of nitrogens with one attached hydrogen (secondary N) is 2. The number of ether oxygens (including phenoxy) is 1. The first-order valence-corrected chi connectivity index (χ1v) is 9.23. The summed E-state index contributed by atoms with van der Waals surface area (Å²) in [5.41, 5.74) is 0.781. The van der Waals surface area contributed by atoms with Crippen molar-refractivity contribution in [3.05, 3.63) is 29.8 Å². The van der Waals surface area contributed by atoms with E-state index in [9.17, 15) is 8.42 Å². The molecule has 0 fully saturated rings. The lowest BCUT2D eigenvalue weighted by atomic mass is 10.2. The average Bonchev–Trinajstić information content (AvgIpc) is 2.52. The van der Waals surface area contributed by atoms with Crippen LogP contribution in [-0.4, -0.2) is 40.7 Å². The van der Waals surface area contributed by atoms with Gasteiger partial charge in [0.05, 0.1) is 11.4 Å². The van der Waals surface area contributed by atoms with E-state index in [4.69, 9.17) is 9.88 Å². The van der Waals surface area contributed by atoms with Gasteiger partial charge in [0.25, 0.3) is 0 Å². The van der Waals surface area contributed by atoms with E-state index in [1.807, 2.05) is 19.9 Å². The third-order valence-electron chi connectivity index (χ3n) is 2.95. The number of hydrogen-bond donors (Lipinski definition) is 3. The lowest BCUT2D eigenvalue weighted by Crippen LogP contribution is -2.38. The number of guanidine groups is 1. The summed E-state index contributed by atoms with van der Waals surface area (Å²) in [7, 11) is -3.69. The van der Waals surface area contributed by atoms with E-state index in [0.717, 1.165) is 25.1 Å². The molecule has 4 N–H and O–H groups in total. The molecule has 1 aromatic rings. The maximum Gasteiger partial charge on any atom is 0.238 e. The van der Waals surface area contributed by atoms with Gasteiger partial charge < -0.3 is 15.4 Å². The summed E-state index contributed by atoms with van der Waals surface area (Å²) < 4.78 is 28.0. The number of aliphatic imine (C=N–C) groups is 1. The van der Waals surface area contributed by atoms with Crippen LogP contribution in [0, 0.1) is 0 Å². The predicted molar refractivity (Wildman–Crippen MR) is 91.7 cm³/mol. The first kappa shape index (κ1) is 19.4. The van der Waals surface area contributed by atoms with Gasteiger partial charge in [-0.15, -0.1) is 0 Å². The van der Waals surface area contributed by atoms with Gasteiger partial charge in [0.15, 0.2) is 5.96 Å². The van der Waals surface area contributed by atoms with Crippen molar-refractivity contribution < 1.29 is 13.2 Å². The molecule has 0 bridgehead atoms. The van der Waals surface area contributed by atoms with E-state index in [0.29, 0.717) is 25.7 Å². The largest absolute Gasteiger partial charge is 0.382 e. The van der Waals surface area contributed by atoms with Gasteiger partial charge in [-0.3, -0.25) is 0 Å². The summed E-state index contributed by atoms with van der Waals surface area (Å²) in [4.78, 5) is 4.54. The molecule has 0 amide bonds. The van der Waals surface area contributed by atoms with Crippen LogP contribution in [0.3, 0.4) is 0 Å². The molecule has 0 heterocycles. The smallest absolute Gasteiger partial charge is 0.238 e. The van der Waals surface area contributed by atoms with Gasteiger partial charge in [-0.25, -0.2) is 18.5 Å². The lowest BCUT2D eigenvalue weighted by molar-refractivity contribution is 0.145. The van der Waals surface area contributed by atoms with Crippen molar-refractivity contribution in [2.45, 2.75) is 31.7 Å². The Kier molecular flexibility index (Phi) is 8.60. The summed E-state index contributed by atoms with van der Waals surface area (Å²) in [5.74, 6) is 0.685. The van der Waals surface area contributed by atoms with E-state index in [-0.39, 0.29) is 4.90 Å². The summed E-state index contributed by atoms with van der Waals surface area (Å²) in [6.07, 6.45) is 0.888. The first-order valence-electron chi connectivity index (χ1n) is 7.69. The van der Waals surface area contributed by atoms with Crippen LogP contribution in [0.25, 0.3) is 0 Å². The molecule has 0 aliphatic carbocycles.